The quantitative estimate of drug-likeness (QED) is 0.194. The number of benzene rings is 5. The second kappa shape index (κ2) is 10.9. The minimum absolute atomic E-state index is 0.0515. The summed E-state index contributed by atoms with van der Waals surface area (Å²) in [6, 6.07) is 41.6. The molecule has 5 atom stereocenters. The maximum absolute atomic E-state index is 15.4. The van der Waals surface area contributed by atoms with Crippen molar-refractivity contribution in [3.8, 4) is 11.1 Å². The van der Waals surface area contributed by atoms with Crippen molar-refractivity contribution in [1.82, 2.24) is 0 Å². The first-order valence-corrected chi connectivity index (χ1v) is 19.6. The molecule has 0 fully saturated rings. The van der Waals surface area contributed by atoms with Crippen LogP contribution >= 0.6 is 7.14 Å². The van der Waals surface area contributed by atoms with Crippen molar-refractivity contribution >= 4 is 34.7 Å². The predicted molar refractivity (Wildman–Crippen MR) is 209 cm³/mol. The molecule has 5 unspecified atom stereocenters. The van der Waals surface area contributed by atoms with Gasteiger partial charge in [-0.1, -0.05) is 147 Å². The smallest absolute Gasteiger partial charge is 0.150 e. The van der Waals surface area contributed by atoms with Crippen LogP contribution in [0.1, 0.15) is 60.2 Å². The first kappa shape index (κ1) is 29.8. The molecule has 5 aromatic carbocycles. The summed E-state index contributed by atoms with van der Waals surface area (Å²) in [5, 5.41) is 5.70. The van der Waals surface area contributed by atoms with E-state index < -0.39 is 7.14 Å². The van der Waals surface area contributed by atoms with Crippen LogP contribution in [-0.4, -0.2) is 11.7 Å². The summed E-state index contributed by atoms with van der Waals surface area (Å²) in [5.41, 5.74) is 12.5. The third-order valence-electron chi connectivity index (χ3n) is 11.9. The Balaban J connectivity index is 1.04. The summed E-state index contributed by atoms with van der Waals surface area (Å²) in [4.78, 5) is 2.59. The van der Waals surface area contributed by atoms with E-state index in [1.54, 1.807) is 0 Å². The third-order valence-corrected chi connectivity index (χ3v) is 15.3. The van der Waals surface area contributed by atoms with Crippen LogP contribution in [-0.2, 0) is 9.98 Å². The van der Waals surface area contributed by atoms with Gasteiger partial charge in [0.1, 0.15) is 13.3 Å². The highest BCUT2D eigenvalue weighted by Gasteiger charge is 2.45. The van der Waals surface area contributed by atoms with Gasteiger partial charge in [0.25, 0.3) is 0 Å². The Morgan fingerprint density at radius 2 is 1.48 bits per heavy atom. The average molecular weight is 667 g/mol. The van der Waals surface area contributed by atoms with E-state index in [4.69, 9.17) is 0 Å². The molecule has 3 aliphatic carbocycles. The van der Waals surface area contributed by atoms with Crippen LogP contribution in [0, 0.1) is 0 Å². The zero-order chi connectivity index (χ0) is 33.6. The molecule has 0 radical (unpaired) electrons. The minimum Gasteiger partial charge on any atom is -0.360 e. The summed E-state index contributed by atoms with van der Waals surface area (Å²) in [6.07, 6.45) is 16.6. The van der Waals surface area contributed by atoms with E-state index in [0.717, 1.165) is 17.0 Å². The van der Waals surface area contributed by atoms with Gasteiger partial charge in [0.05, 0.1) is 17.4 Å². The molecule has 2 heterocycles. The fourth-order valence-corrected chi connectivity index (χ4v) is 12.4. The fourth-order valence-electron chi connectivity index (χ4n) is 9.33. The van der Waals surface area contributed by atoms with Gasteiger partial charge in [-0.2, -0.15) is 0 Å². The molecule has 3 nitrogen and oxygen atoms in total. The molecule has 0 aromatic heterocycles. The Morgan fingerprint density at radius 1 is 0.740 bits per heavy atom. The highest BCUT2D eigenvalue weighted by molar-refractivity contribution is 7.79. The van der Waals surface area contributed by atoms with E-state index in [9.17, 15) is 0 Å². The van der Waals surface area contributed by atoms with Crippen LogP contribution in [0.2, 0.25) is 0 Å². The molecule has 2 aliphatic heterocycles. The number of nitrogens with zero attached hydrogens (tertiary/aromatic N) is 1. The summed E-state index contributed by atoms with van der Waals surface area (Å²) in [5.74, 6) is 0.280. The molecule has 50 heavy (non-hydrogen) atoms. The van der Waals surface area contributed by atoms with E-state index in [0.29, 0.717) is 0 Å². The van der Waals surface area contributed by atoms with Crippen LogP contribution in [0.25, 0.3) is 16.7 Å². The Kier molecular flexibility index (Phi) is 6.52. The lowest BCUT2D eigenvalue weighted by atomic mass is 9.77. The molecule has 1 N–H and O–H groups in total. The molecule has 10 rings (SSSR count). The van der Waals surface area contributed by atoms with Gasteiger partial charge in [-0.3, -0.25) is 0 Å². The van der Waals surface area contributed by atoms with Gasteiger partial charge in [0.2, 0.25) is 0 Å². The van der Waals surface area contributed by atoms with Crippen molar-refractivity contribution < 1.29 is 4.57 Å². The topological polar surface area (TPSA) is 32.3 Å². The minimum atomic E-state index is -2.95. The summed E-state index contributed by atoms with van der Waals surface area (Å²) in [7, 11) is -2.95. The van der Waals surface area contributed by atoms with Gasteiger partial charge in [0, 0.05) is 27.6 Å². The second-order valence-electron chi connectivity index (χ2n) is 14.8. The van der Waals surface area contributed by atoms with E-state index in [1.807, 2.05) is 30.3 Å². The lowest BCUT2D eigenvalue weighted by Crippen LogP contribution is -2.45. The van der Waals surface area contributed by atoms with Crippen LogP contribution in [0.15, 0.2) is 158 Å². The van der Waals surface area contributed by atoms with Gasteiger partial charge in [-0.05, 0) is 75.2 Å². The number of nitrogens with one attached hydrogen (secondary N) is 1. The van der Waals surface area contributed by atoms with Crippen molar-refractivity contribution in [2.75, 3.05) is 10.2 Å². The van der Waals surface area contributed by atoms with Crippen LogP contribution in [0.3, 0.4) is 0 Å². The molecular formula is C46H39N2OP. The molecule has 0 saturated heterocycles. The lowest BCUT2D eigenvalue weighted by molar-refractivity contribution is 0.544. The van der Waals surface area contributed by atoms with E-state index in [2.05, 4.69) is 152 Å². The zero-order valence-corrected chi connectivity index (χ0v) is 29.2. The molecule has 5 aromatic rings. The summed E-state index contributed by atoms with van der Waals surface area (Å²) >= 11 is 0. The molecule has 4 heteroatoms. The first-order chi connectivity index (χ1) is 24.4. The SMILES string of the molecule is CC1(C)c2cc(C3=CC4C(C=C3)c3ccccc3C3Nc5ccccc5N34)ccc2-c2ccc(P(=O)(c3ccccc3)C3C=CC=CC3)cc21. The Hall–Kier alpha value is -5.11. The van der Waals surface area contributed by atoms with Gasteiger partial charge in [0.15, 0.2) is 0 Å². The number of hydrogen-bond donors (Lipinski definition) is 1. The maximum Gasteiger partial charge on any atom is 0.150 e. The normalized spacial score (nSPS) is 24.1. The number of rotatable bonds is 4. The molecular weight excluding hydrogens is 627 g/mol. The van der Waals surface area contributed by atoms with Gasteiger partial charge in [-0.15, -0.1) is 0 Å². The zero-order valence-electron chi connectivity index (χ0n) is 28.3. The van der Waals surface area contributed by atoms with Gasteiger partial charge < -0.3 is 14.8 Å². The second-order valence-corrected chi connectivity index (χ2v) is 17.8. The van der Waals surface area contributed by atoms with Crippen molar-refractivity contribution in [2.24, 2.45) is 0 Å². The molecule has 0 saturated carbocycles. The van der Waals surface area contributed by atoms with Crippen molar-refractivity contribution in [2.45, 2.75) is 49.5 Å². The van der Waals surface area contributed by atoms with Crippen molar-refractivity contribution in [3.05, 3.63) is 186 Å². The number of anilines is 2. The fraction of sp³-hybridized carbons (Fsp3) is 0.174. The van der Waals surface area contributed by atoms with Crippen molar-refractivity contribution in [1.29, 1.82) is 0 Å². The van der Waals surface area contributed by atoms with E-state index in [-0.39, 0.29) is 29.2 Å². The maximum atomic E-state index is 15.4. The Morgan fingerprint density at radius 3 is 2.30 bits per heavy atom. The number of allylic oxidation sites excluding steroid dienone is 6. The summed E-state index contributed by atoms with van der Waals surface area (Å²) in [6.45, 7) is 4.66. The highest BCUT2D eigenvalue weighted by Crippen LogP contribution is 2.56. The van der Waals surface area contributed by atoms with Crippen LogP contribution < -0.4 is 20.8 Å². The Labute approximate surface area is 294 Å². The number of fused-ring (bicyclic) bond motifs is 11. The molecule has 5 aliphatic rings. The van der Waals surface area contributed by atoms with Gasteiger partial charge >= 0.3 is 0 Å². The highest BCUT2D eigenvalue weighted by atomic mass is 31.2. The molecule has 0 spiro atoms. The van der Waals surface area contributed by atoms with Crippen LogP contribution in [0.4, 0.5) is 11.4 Å². The van der Waals surface area contributed by atoms with E-state index >= 15 is 4.57 Å². The number of para-hydroxylation sites is 2. The summed E-state index contributed by atoms with van der Waals surface area (Å²) < 4.78 is 15.4. The molecule has 244 valence electrons. The number of hydrogen-bond acceptors (Lipinski definition) is 3. The third kappa shape index (κ3) is 4.20. The lowest BCUT2D eigenvalue weighted by Gasteiger charge is -2.44. The largest absolute Gasteiger partial charge is 0.360 e. The molecule has 0 bridgehead atoms. The standard InChI is InChI=1S/C46H39N2OP/c1-46(2)40-27-30(31-22-25-38-35-17-9-10-18-39(35)45-47-42-19-11-12-20-43(42)48(45)44(38)28-31)21-24-36(40)37-26-23-34(29-41(37)46)50(49,32-13-5-3-6-14-32)33-15-7-4-8-16-33/h3-15,17-29,33,38,44-45,47H,16H2,1-2H3. The van der Waals surface area contributed by atoms with Crippen LogP contribution in [0.5, 0.6) is 0 Å². The molecule has 0 amide bonds. The Bertz CT molecular complexity index is 2380. The predicted octanol–water partition coefficient (Wildman–Crippen LogP) is 10.2. The average Bonchev–Trinajstić information content (AvgIpc) is 3.67. The first-order valence-electron chi connectivity index (χ1n) is 17.8. The van der Waals surface area contributed by atoms with Gasteiger partial charge in [-0.25, -0.2) is 0 Å². The monoisotopic (exact) mass is 666 g/mol. The van der Waals surface area contributed by atoms with E-state index in [1.165, 1.54) is 55.9 Å². The van der Waals surface area contributed by atoms with Crippen molar-refractivity contribution in [3.63, 3.8) is 0 Å².